The van der Waals surface area contributed by atoms with Crippen LogP contribution in [0.25, 0.3) is 11.5 Å². The van der Waals surface area contributed by atoms with Crippen molar-refractivity contribution in [2.75, 3.05) is 6.61 Å². The molecule has 0 atom stereocenters. The van der Waals surface area contributed by atoms with Crippen molar-refractivity contribution in [2.45, 2.75) is 34.3 Å². The fourth-order valence-corrected chi connectivity index (χ4v) is 2.88. The second-order valence-corrected chi connectivity index (χ2v) is 6.43. The molecule has 2 aromatic heterocycles. The zero-order valence-corrected chi connectivity index (χ0v) is 16.3. The van der Waals surface area contributed by atoms with Crippen LogP contribution in [0.3, 0.4) is 0 Å². The normalized spacial score (nSPS) is 10.7. The van der Waals surface area contributed by atoms with E-state index in [4.69, 9.17) is 13.9 Å². The molecule has 0 aliphatic carbocycles. The van der Waals surface area contributed by atoms with Gasteiger partial charge in [0.2, 0.25) is 5.89 Å². The minimum absolute atomic E-state index is 0.0412. The number of oxazole rings is 1. The fourth-order valence-electron chi connectivity index (χ4n) is 2.88. The van der Waals surface area contributed by atoms with Crippen LogP contribution in [0.2, 0.25) is 0 Å². The lowest BCUT2D eigenvalue weighted by Crippen LogP contribution is -2.09. The molecule has 0 fully saturated rings. The molecular weight excluding hydrogens is 360 g/mol. The molecular formula is C21H22N2O5. The largest absolute Gasteiger partial charge is 0.462 e. The van der Waals surface area contributed by atoms with Gasteiger partial charge in [-0.05, 0) is 45.4 Å². The van der Waals surface area contributed by atoms with Crippen LogP contribution in [-0.4, -0.2) is 28.5 Å². The third kappa shape index (κ3) is 3.98. The summed E-state index contributed by atoms with van der Waals surface area (Å²) in [5.74, 6) is -0.578. The van der Waals surface area contributed by atoms with E-state index >= 15 is 0 Å². The number of aryl methyl sites for hydroxylation is 2. The van der Waals surface area contributed by atoms with Gasteiger partial charge in [-0.2, -0.15) is 0 Å². The fraction of sp³-hybridized carbons (Fsp3) is 0.286. The molecule has 146 valence electrons. The average molecular weight is 382 g/mol. The smallest absolute Gasteiger partial charge is 0.355 e. The summed E-state index contributed by atoms with van der Waals surface area (Å²) in [5.41, 5.74) is 4.13. The van der Waals surface area contributed by atoms with Gasteiger partial charge in [0, 0.05) is 11.3 Å². The van der Waals surface area contributed by atoms with Crippen LogP contribution in [0.1, 0.15) is 50.3 Å². The van der Waals surface area contributed by atoms with Crippen LogP contribution < -0.4 is 0 Å². The molecule has 0 bridgehead atoms. The van der Waals surface area contributed by atoms with E-state index in [1.54, 1.807) is 20.8 Å². The number of aromatic nitrogens is 2. The van der Waals surface area contributed by atoms with E-state index in [2.05, 4.69) is 9.97 Å². The minimum atomic E-state index is -0.573. The van der Waals surface area contributed by atoms with Crippen molar-refractivity contribution in [2.24, 2.45) is 0 Å². The van der Waals surface area contributed by atoms with Gasteiger partial charge in [-0.25, -0.2) is 14.6 Å². The first-order valence-corrected chi connectivity index (χ1v) is 8.95. The highest BCUT2D eigenvalue weighted by molar-refractivity contribution is 5.98. The molecule has 0 amide bonds. The Hall–Kier alpha value is -3.35. The summed E-state index contributed by atoms with van der Waals surface area (Å²) in [5, 5.41) is 0. The summed E-state index contributed by atoms with van der Waals surface area (Å²) in [6.45, 7) is 7.34. The number of H-pyrrole nitrogens is 1. The average Bonchev–Trinajstić information content (AvgIpc) is 3.25. The number of hydrogen-bond acceptors (Lipinski definition) is 6. The van der Waals surface area contributed by atoms with Crippen LogP contribution in [0.5, 0.6) is 0 Å². The van der Waals surface area contributed by atoms with Gasteiger partial charge in [0.1, 0.15) is 24.3 Å². The third-order valence-corrected chi connectivity index (χ3v) is 4.32. The van der Waals surface area contributed by atoms with Crippen molar-refractivity contribution in [3.63, 3.8) is 0 Å². The predicted molar refractivity (Wildman–Crippen MR) is 102 cm³/mol. The molecule has 0 aliphatic rings. The van der Waals surface area contributed by atoms with Gasteiger partial charge in [-0.1, -0.05) is 17.7 Å². The molecule has 1 aromatic carbocycles. The Balaban J connectivity index is 1.69. The van der Waals surface area contributed by atoms with Gasteiger partial charge in [0.15, 0.2) is 0 Å². The topological polar surface area (TPSA) is 94.4 Å². The predicted octanol–water partition coefficient (Wildman–Crippen LogP) is 4.13. The second kappa shape index (κ2) is 8.12. The Morgan fingerprint density at radius 2 is 1.79 bits per heavy atom. The van der Waals surface area contributed by atoms with E-state index in [1.165, 1.54) is 6.26 Å². The standard InChI is InChI=1S/C21H22N2O5/c1-5-26-20(24)17-13(3)18(22-14(17)4)21(25)28-11-16-10-27-19(23-16)15-8-6-12(2)7-9-15/h6-10,22H,5,11H2,1-4H3. The number of nitrogens with zero attached hydrogens (tertiary/aromatic N) is 1. The molecule has 0 aliphatic heterocycles. The lowest BCUT2D eigenvalue weighted by molar-refractivity contribution is 0.0460. The summed E-state index contributed by atoms with van der Waals surface area (Å²) in [6.07, 6.45) is 1.46. The highest BCUT2D eigenvalue weighted by Gasteiger charge is 2.24. The van der Waals surface area contributed by atoms with E-state index in [0.717, 1.165) is 11.1 Å². The molecule has 0 radical (unpaired) electrons. The summed E-state index contributed by atoms with van der Waals surface area (Å²) in [7, 11) is 0. The summed E-state index contributed by atoms with van der Waals surface area (Å²) in [4.78, 5) is 31.7. The van der Waals surface area contributed by atoms with Gasteiger partial charge in [-0.15, -0.1) is 0 Å². The Labute approximate surface area is 162 Å². The van der Waals surface area contributed by atoms with Crippen molar-refractivity contribution in [1.29, 1.82) is 0 Å². The zero-order chi connectivity index (χ0) is 20.3. The molecule has 0 spiro atoms. The van der Waals surface area contributed by atoms with Crippen molar-refractivity contribution in [3.05, 3.63) is 64.3 Å². The molecule has 0 saturated heterocycles. The Kier molecular flexibility index (Phi) is 5.63. The maximum Gasteiger partial charge on any atom is 0.355 e. The van der Waals surface area contributed by atoms with Gasteiger partial charge in [0.05, 0.1) is 12.2 Å². The SMILES string of the molecule is CCOC(=O)c1c(C)[nH]c(C(=O)OCc2coc(-c3ccc(C)cc3)n2)c1C. The van der Waals surface area contributed by atoms with E-state index in [1.807, 2.05) is 31.2 Å². The van der Waals surface area contributed by atoms with Gasteiger partial charge in [0.25, 0.3) is 0 Å². The number of hydrogen-bond donors (Lipinski definition) is 1. The third-order valence-electron chi connectivity index (χ3n) is 4.32. The Morgan fingerprint density at radius 3 is 2.46 bits per heavy atom. The molecule has 0 saturated carbocycles. The van der Waals surface area contributed by atoms with E-state index in [0.29, 0.717) is 28.4 Å². The molecule has 1 N–H and O–H groups in total. The number of ether oxygens (including phenoxy) is 2. The van der Waals surface area contributed by atoms with Crippen LogP contribution in [0, 0.1) is 20.8 Å². The molecule has 0 unspecified atom stereocenters. The molecule has 7 heteroatoms. The van der Waals surface area contributed by atoms with E-state index in [-0.39, 0.29) is 18.9 Å². The second-order valence-electron chi connectivity index (χ2n) is 6.43. The maximum absolute atomic E-state index is 12.4. The number of rotatable bonds is 6. The molecule has 28 heavy (non-hydrogen) atoms. The van der Waals surface area contributed by atoms with Crippen LogP contribution in [0.15, 0.2) is 34.9 Å². The lowest BCUT2D eigenvalue weighted by Gasteiger charge is -2.03. The van der Waals surface area contributed by atoms with E-state index < -0.39 is 11.9 Å². The number of benzene rings is 1. The first-order valence-electron chi connectivity index (χ1n) is 8.95. The van der Waals surface area contributed by atoms with Crippen molar-refractivity contribution < 1.29 is 23.5 Å². The number of carbonyl (C=O) groups excluding carboxylic acids is 2. The van der Waals surface area contributed by atoms with Crippen molar-refractivity contribution >= 4 is 11.9 Å². The van der Waals surface area contributed by atoms with Gasteiger partial charge >= 0.3 is 11.9 Å². The van der Waals surface area contributed by atoms with Crippen LogP contribution in [0.4, 0.5) is 0 Å². The molecule has 3 rings (SSSR count). The van der Waals surface area contributed by atoms with Crippen molar-refractivity contribution in [1.82, 2.24) is 9.97 Å². The molecule has 2 heterocycles. The number of esters is 2. The monoisotopic (exact) mass is 382 g/mol. The Morgan fingerprint density at radius 1 is 1.07 bits per heavy atom. The van der Waals surface area contributed by atoms with Gasteiger partial charge in [-0.3, -0.25) is 0 Å². The van der Waals surface area contributed by atoms with E-state index in [9.17, 15) is 9.59 Å². The number of aromatic amines is 1. The zero-order valence-electron chi connectivity index (χ0n) is 16.3. The minimum Gasteiger partial charge on any atom is -0.462 e. The quantitative estimate of drug-likeness (QED) is 0.644. The summed E-state index contributed by atoms with van der Waals surface area (Å²) in [6, 6.07) is 7.77. The van der Waals surface area contributed by atoms with Crippen LogP contribution >= 0.6 is 0 Å². The lowest BCUT2D eigenvalue weighted by atomic mass is 10.1. The maximum atomic E-state index is 12.4. The first-order chi connectivity index (χ1) is 13.4. The van der Waals surface area contributed by atoms with Crippen molar-refractivity contribution in [3.8, 4) is 11.5 Å². The molecule has 7 nitrogen and oxygen atoms in total. The first kappa shape index (κ1) is 19.4. The molecule has 3 aromatic rings. The highest BCUT2D eigenvalue weighted by Crippen LogP contribution is 2.22. The highest BCUT2D eigenvalue weighted by atomic mass is 16.5. The summed E-state index contributed by atoms with van der Waals surface area (Å²) >= 11 is 0. The summed E-state index contributed by atoms with van der Waals surface area (Å²) < 4.78 is 15.8. The number of nitrogens with one attached hydrogen (secondary N) is 1. The Bertz CT molecular complexity index is 998. The number of carbonyl (C=O) groups is 2. The van der Waals surface area contributed by atoms with Crippen LogP contribution in [-0.2, 0) is 16.1 Å². The van der Waals surface area contributed by atoms with Gasteiger partial charge < -0.3 is 18.9 Å².